The molecule has 1 unspecified atom stereocenters. The third-order valence-electron chi connectivity index (χ3n) is 6.96. The minimum Gasteiger partial charge on any atom is -0.389 e. The van der Waals surface area contributed by atoms with Crippen molar-refractivity contribution in [2.45, 2.75) is 44.1 Å². The van der Waals surface area contributed by atoms with Gasteiger partial charge in [0.15, 0.2) is 0 Å². The lowest BCUT2D eigenvalue weighted by atomic mass is 9.77. The second kappa shape index (κ2) is 8.02. The summed E-state index contributed by atoms with van der Waals surface area (Å²) in [5, 5.41) is 16.1. The quantitative estimate of drug-likeness (QED) is 0.624. The average Bonchev–Trinajstić information content (AvgIpc) is 3.33. The van der Waals surface area contributed by atoms with Gasteiger partial charge in [-0.2, -0.15) is 5.10 Å². The first kappa shape index (κ1) is 20.6. The highest BCUT2D eigenvalue weighted by atomic mass is 19.1. The number of benzene rings is 2. The second-order valence-electron chi connectivity index (χ2n) is 8.93. The van der Waals surface area contributed by atoms with Crippen LogP contribution in [0.15, 0.2) is 60.3 Å². The van der Waals surface area contributed by atoms with Crippen LogP contribution in [-0.2, 0) is 24.1 Å². The molecule has 5 nitrogen and oxygen atoms in total. The molecule has 0 aliphatic heterocycles. The van der Waals surface area contributed by atoms with Crippen molar-refractivity contribution in [3.8, 4) is 5.69 Å². The molecule has 0 radical (unpaired) electrons. The Morgan fingerprint density at radius 3 is 2.69 bits per heavy atom. The van der Waals surface area contributed by atoms with Crippen molar-refractivity contribution in [1.29, 1.82) is 0 Å². The van der Waals surface area contributed by atoms with Crippen LogP contribution in [0.2, 0.25) is 0 Å². The zero-order valence-corrected chi connectivity index (χ0v) is 17.8. The number of nitrogens with two attached hydrogens (primary N) is 1. The van der Waals surface area contributed by atoms with Gasteiger partial charge in [-0.3, -0.25) is 4.79 Å². The molecule has 1 aromatic heterocycles. The normalized spacial score (nSPS) is 21.7. The predicted molar refractivity (Wildman–Crippen MR) is 121 cm³/mol. The maximum absolute atomic E-state index is 13.3. The molecule has 32 heavy (non-hydrogen) atoms. The monoisotopic (exact) mass is 431 g/mol. The number of hydrogen-bond acceptors (Lipinski definition) is 3. The van der Waals surface area contributed by atoms with Crippen LogP contribution in [-0.4, -0.2) is 26.4 Å². The molecule has 0 bridgehead atoms. The molecule has 5 rings (SSSR count). The molecule has 0 spiro atoms. The summed E-state index contributed by atoms with van der Waals surface area (Å²) in [6, 6.07) is 14.1. The smallest absolute Gasteiger partial charge is 0.221 e. The fourth-order valence-electron chi connectivity index (χ4n) is 5.25. The Hall–Kier alpha value is -3.25. The van der Waals surface area contributed by atoms with Crippen molar-refractivity contribution in [2.75, 3.05) is 0 Å². The van der Waals surface area contributed by atoms with Crippen LogP contribution >= 0.6 is 0 Å². The Bertz CT molecular complexity index is 1200. The number of fused-ring (bicyclic) bond motifs is 2. The van der Waals surface area contributed by atoms with Crippen molar-refractivity contribution in [1.82, 2.24) is 9.78 Å². The molecule has 0 saturated heterocycles. The van der Waals surface area contributed by atoms with Gasteiger partial charge >= 0.3 is 0 Å². The maximum Gasteiger partial charge on any atom is 0.221 e. The summed E-state index contributed by atoms with van der Waals surface area (Å²) in [5.74, 6) is -0.559. The Labute approximate surface area is 186 Å². The van der Waals surface area contributed by atoms with E-state index >= 15 is 0 Å². The highest BCUT2D eigenvalue weighted by Gasteiger charge is 2.45. The van der Waals surface area contributed by atoms with E-state index in [1.807, 2.05) is 35.1 Å². The minimum atomic E-state index is -0.790. The van der Waals surface area contributed by atoms with Gasteiger partial charge in [-0.05, 0) is 79.1 Å². The molecular formula is C26H26FN3O2. The third kappa shape index (κ3) is 3.75. The van der Waals surface area contributed by atoms with Gasteiger partial charge < -0.3 is 10.8 Å². The largest absolute Gasteiger partial charge is 0.389 e. The molecule has 1 amide bonds. The number of aromatic nitrogens is 2. The molecule has 3 N–H and O–H groups in total. The van der Waals surface area contributed by atoms with Gasteiger partial charge in [0.25, 0.3) is 0 Å². The van der Waals surface area contributed by atoms with E-state index in [0.717, 1.165) is 47.3 Å². The molecule has 1 heterocycles. The van der Waals surface area contributed by atoms with E-state index in [-0.39, 0.29) is 24.1 Å². The van der Waals surface area contributed by atoms with Gasteiger partial charge in [-0.25, -0.2) is 9.07 Å². The number of halogens is 1. The van der Waals surface area contributed by atoms with Gasteiger partial charge in [-0.1, -0.05) is 29.8 Å². The third-order valence-corrected chi connectivity index (χ3v) is 6.96. The van der Waals surface area contributed by atoms with Crippen molar-refractivity contribution in [3.05, 3.63) is 88.5 Å². The van der Waals surface area contributed by atoms with E-state index in [0.29, 0.717) is 12.8 Å². The average molecular weight is 432 g/mol. The van der Waals surface area contributed by atoms with E-state index in [1.54, 1.807) is 12.1 Å². The lowest BCUT2D eigenvalue weighted by Crippen LogP contribution is -2.36. The van der Waals surface area contributed by atoms with Crippen LogP contribution in [0, 0.1) is 11.7 Å². The highest BCUT2D eigenvalue weighted by molar-refractivity contribution is 5.77. The molecule has 164 valence electrons. The SMILES string of the molecule is NC(=O)Cc1ccccc1CC[C@]1(O)CCC2=Cc3c(cnn3-c3ccc(F)cc3)CC21. The first-order valence-corrected chi connectivity index (χ1v) is 11.0. The van der Waals surface area contributed by atoms with Crippen LogP contribution < -0.4 is 5.73 Å². The number of aliphatic hydroxyl groups is 1. The fourth-order valence-corrected chi connectivity index (χ4v) is 5.25. The van der Waals surface area contributed by atoms with Gasteiger partial charge in [0.1, 0.15) is 5.82 Å². The van der Waals surface area contributed by atoms with Crippen molar-refractivity contribution in [3.63, 3.8) is 0 Å². The summed E-state index contributed by atoms with van der Waals surface area (Å²) in [6.45, 7) is 0. The molecule has 3 aromatic rings. The van der Waals surface area contributed by atoms with Crippen LogP contribution in [0.5, 0.6) is 0 Å². The van der Waals surface area contributed by atoms with Crippen LogP contribution in [0.1, 0.15) is 41.6 Å². The number of hydrogen-bond donors (Lipinski definition) is 2. The van der Waals surface area contributed by atoms with E-state index in [2.05, 4.69) is 11.2 Å². The number of nitrogens with zero attached hydrogens (tertiary/aromatic N) is 2. The van der Waals surface area contributed by atoms with Crippen molar-refractivity contribution in [2.24, 2.45) is 11.7 Å². The summed E-state index contributed by atoms with van der Waals surface area (Å²) < 4.78 is 15.2. The van der Waals surface area contributed by atoms with Gasteiger partial charge in [0.2, 0.25) is 5.91 Å². The summed E-state index contributed by atoms with van der Waals surface area (Å²) >= 11 is 0. The lowest BCUT2D eigenvalue weighted by molar-refractivity contribution is -0.117. The van der Waals surface area contributed by atoms with Crippen molar-refractivity contribution < 1.29 is 14.3 Å². The molecule has 2 atom stereocenters. The Kier molecular flexibility index (Phi) is 5.18. The number of carbonyl (C=O) groups excluding carboxylic acids is 1. The van der Waals surface area contributed by atoms with Gasteiger partial charge in [0, 0.05) is 5.92 Å². The molecule has 2 aliphatic rings. The Balaban J connectivity index is 1.36. The topological polar surface area (TPSA) is 81.1 Å². The maximum atomic E-state index is 13.3. The van der Waals surface area contributed by atoms with Crippen LogP contribution in [0.4, 0.5) is 4.39 Å². The Morgan fingerprint density at radius 1 is 1.19 bits per heavy atom. The van der Waals surface area contributed by atoms with E-state index in [4.69, 9.17) is 5.73 Å². The standard InChI is InChI=1S/C26H26FN3O2/c27-21-5-7-22(8-6-21)30-24-14-19-10-12-26(32,23(19)13-20(24)16-29-30)11-9-17-3-1-2-4-18(17)15-25(28)31/h1-8,14,16,23,32H,9-13,15H2,(H2,28,31)/t23?,26-/m0/s1. The molecule has 6 heteroatoms. The fraction of sp³-hybridized carbons (Fsp3) is 0.308. The first-order chi connectivity index (χ1) is 15.4. The number of carbonyl (C=O) groups is 1. The zero-order valence-electron chi connectivity index (χ0n) is 17.8. The summed E-state index contributed by atoms with van der Waals surface area (Å²) in [6.07, 6.45) is 7.86. The molecule has 2 aliphatic carbocycles. The van der Waals surface area contributed by atoms with Crippen LogP contribution in [0.3, 0.4) is 0 Å². The first-order valence-electron chi connectivity index (χ1n) is 11.0. The predicted octanol–water partition coefficient (Wildman–Crippen LogP) is 3.75. The number of aryl methyl sites for hydroxylation is 1. The second-order valence-corrected chi connectivity index (χ2v) is 8.93. The summed E-state index contributed by atoms with van der Waals surface area (Å²) in [4.78, 5) is 11.4. The molecule has 1 fully saturated rings. The Morgan fingerprint density at radius 2 is 1.94 bits per heavy atom. The van der Waals surface area contributed by atoms with E-state index in [1.165, 1.54) is 17.7 Å². The lowest BCUT2D eigenvalue weighted by Gasteiger charge is -2.32. The summed E-state index contributed by atoms with van der Waals surface area (Å²) in [5.41, 5.74) is 10.8. The summed E-state index contributed by atoms with van der Waals surface area (Å²) in [7, 11) is 0. The number of amides is 1. The number of rotatable bonds is 6. The van der Waals surface area contributed by atoms with Gasteiger partial charge in [-0.15, -0.1) is 0 Å². The minimum absolute atomic E-state index is 0.0594. The van der Waals surface area contributed by atoms with Crippen LogP contribution in [0.25, 0.3) is 11.8 Å². The molecular weight excluding hydrogens is 405 g/mol. The highest BCUT2D eigenvalue weighted by Crippen LogP contribution is 2.48. The van der Waals surface area contributed by atoms with E-state index < -0.39 is 5.60 Å². The number of primary amides is 1. The zero-order chi connectivity index (χ0) is 22.3. The van der Waals surface area contributed by atoms with E-state index in [9.17, 15) is 14.3 Å². The molecule has 1 saturated carbocycles. The van der Waals surface area contributed by atoms with Gasteiger partial charge in [0.05, 0.1) is 29.6 Å². The van der Waals surface area contributed by atoms with Crippen molar-refractivity contribution >= 4 is 12.0 Å². The molecule has 2 aromatic carbocycles.